The Balaban J connectivity index is 1.94. The van der Waals surface area contributed by atoms with Crippen LogP contribution in [0.5, 0.6) is 5.75 Å². The van der Waals surface area contributed by atoms with E-state index in [1.165, 1.54) is 0 Å². The number of urea groups is 1. The predicted molar refractivity (Wildman–Crippen MR) is 95.1 cm³/mol. The number of hydrogen-bond acceptors (Lipinski definition) is 3. The van der Waals surface area contributed by atoms with Crippen molar-refractivity contribution >= 4 is 11.9 Å². The van der Waals surface area contributed by atoms with Crippen molar-refractivity contribution in [2.24, 2.45) is 5.92 Å². The normalized spacial score (nSPS) is 20.3. The summed E-state index contributed by atoms with van der Waals surface area (Å²) in [6, 6.07) is 6.87. The van der Waals surface area contributed by atoms with E-state index in [0.717, 1.165) is 17.7 Å². The zero-order valence-electron chi connectivity index (χ0n) is 15.2. The van der Waals surface area contributed by atoms with Gasteiger partial charge in [0.15, 0.2) is 0 Å². The van der Waals surface area contributed by atoms with Crippen molar-refractivity contribution in [3.8, 4) is 5.75 Å². The molecule has 1 aromatic rings. The monoisotopic (exact) mass is 343 g/mol. The molecular formula is C19H25N3O3. The van der Waals surface area contributed by atoms with Crippen molar-refractivity contribution in [2.45, 2.75) is 26.3 Å². The Morgan fingerprint density at radius 3 is 2.76 bits per heavy atom. The van der Waals surface area contributed by atoms with Crippen LogP contribution in [0.4, 0.5) is 4.79 Å². The Morgan fingerprint density at radius 2 is 2.08 bits per heavy atom. The number of carbonyl (C=O) groups is 2. The van der Waals surface area contributed by atoms with Crippen LogP contribution in [0.3, 0.4) is 0 Å². The number of amides is 3. The molecule has 2 aliphatic rings. The molecule has 6 heteroatoms. The SMILES string of the molecule is COc1cccc([C@@H]2NC(=O)N(C)C3=C2C(=O)N(CCC(C)C)C3)c1. The molecule has 0 fully saturated rings. The third kappa shape index (κ3) is 3.21. The molecule has 0 bridgehead atoms. The van der Waals surface area contributed by atoms with Crippen molar-refractivity contribution in [3.63, 3.8) is 0 Å². The quantitative estimate of drug-likeness (QED) is 0.894. The number of ether oxygens (including phenoxy) is 1. The lowest BCUT2D eigenvalue weighted by Crippen LogP contribution is -2.45. The van der Waals surface area contributed by atoms with Crippen LogP contribution in [-0.4, -0.2) is 49.0 Å². The molecule has 1 N–H and O–H groups in total. The first-order valence-electron chi connectivity index (χ1n) is 8.63. The fourth-order valence-corrected chi connectivity index (χ4v) is 3.29. The van der Waals surface area contributed by atoms with E-state index in [0.29, 0.717) is 30.3 Å². The number of likely N-dealkylation sites (N-methyl/N-ethyl adjacent to an activating group) is 1. The van der Waals surface area contributed by atoms with E-state index in [1.54, 1.807) is 19.1 Å². The predicted octanol–water partition coefficient (Wildman–Crippen LogP) is 2.53. The molecule has 2 aliphatic heterocycles. The molecule has 6 nitrogen and oxygen atoms in total. The molecule has 3 amide bonds. The molecular weight excluding hydrogens is 318 g/mol. The van der Waals surface area contributed by atoms with Crippen molar-refractivity contribution < 1.29 is 14.3 Å². The van der Waals surface area contributed by atoms with Gasteiger partial charge in [-0.05, 0) is 30.0 Å². The first-order chi connectivity index (χ1) is 11.9. The molecule has 2 heterocycles. The van der Waals surface area contributed by atoms with E-state index < -0.39 is 6.04 Å². The second-order valence-corrected chi connectivity index (χ2v) is 6.99. The molecule has 0 spiro atoms. The fraction of sp³-hybridized carbons (Fsp3) is 0.474. The maximum absolute atomic E-state index is 13.0. The fourth-order valence-electron chi connectivity index (χ4n) is 3.29. The molecule has 0 saturated carbocycles. The van der Waals surface area contributed by atoms with Gasteiger partial charge in [0.05, 0.1) is 31.0 Å². The van der Waals surface area contributed by atoms with Gasteiger partial charge in [0.1, 0.15) is 5.75 Å². The number of benzene rings is 1. The second kappa shape index (κ2) is 6.78. The first kappa shape index (κ1) is 17.3. The summed E-state index contributed by atoms with van der Waals surface area (Å²) < 4.78 is 5.28. The molecule has 3 rings (SSSR count). The average Bonchev–Trinajstić information content (AvgIpc) is 2.93. The highest BCUT2D eigenvalue weighted by Gasteiger charge is 2.42. The standard InChI is InChI=1S/C19H25N3O3/c1-12(2)8-9-22-11-15-16(18(22)23)17(20-19(24)21(15)3)13-6-5-7-14(10-13)25-4/h5-7,10,12,17H,8-9,11H2,1-4H3,(H,20,24)/t17-/m0/s1. The van der Waals surface area contributed by atoms with Crippen LogP contribution < -0.4 is 10.1 Å². The highest BCUT2D eigenvalue weighted by atomic mass is 16.5. The van der Waals surface area contributed by atoms with Gasteiger partial charge in [-0.15, -0.1) is 0 Å². The molecule has 1 atom stereocenters. The van der Waals surface area contributed by atoms with Crippen LogP contribution in [0.2, 0.25) is 0 Å². The Labute approximate surface area is 148 Å². The molecule has 0 aliphatic carbocycles. The van der Waals surface area contributed by atoms with Gasteiger partial charge in [-0.1, -0.05) is 26.0 Å². The van der Waals surface area contributed by atoms with E-state index in [1.807, 2.05) is 29.2 Å². The van der Waals surface area contributed by atoms with Gasteiger partial charge < -0.3 is 15.0 Å². The smallest absolute Gasteiger partial charge is 0.322 e. The Morgan fingerprint density at radius 1 is 1.32 bits per heavy atom. The third-order valence-corrected chi connectivity index (χ3v) is 4.84. The van der Waals surface area contributed by atoms with Crippen LogP contribution in [0, 0.1) is 5.92 Å². The minimum absolute atomic E-state index is 0.00956. The number of hydrogen-bond donors (Lipinski definition) is 1. The van der Waals surface area contributed by atoms with Gasteiger partial charge in [0.2, 0.25) is 0 Å². The largest absolute Gasteiger partial charge is 0.497 e. The summed E-state index contributed by atoms with van der Waals surface area (Å²) in [6.45, 7) is 5.48. The number of rotatable bonds is 5. The lowest BCUT2D eigenvalue weighted by Gasteiger charge is -2.31. The van der Waals surface area contributed by atoms with Crippen molar-refractivity contribution in [2.75, 3.05) is 27.2 Å². The zero-order chi connectivity index (χ0) is 18.1. The van der Waals surface area contributed by atoms with Gasteiger partial charge in [-0.25, -0.2) is 4.79 Å². The second-order valence-electron chi connectivity index (χ2n) is 6.99. The maximum Gasteiger partial charge on any atom is 0.322 e. The number of carbonyl (C=O) groups excluding carboxylic acids is 2. The minimum atomic E-state index is -0.439. The summed E-state index contributed by atoms with van der Waals surface area (Å²) in [4.78, 5) is 28.8. The molecule has 25 heavy (non-hydrogen) atoms. The maximum atomic E-state index is 13.0. The lowest BCUT2D eigenvalue weighted by molar-refractivity contribution is -0.125. The minimum Gasteiger partial charge on any atom is -0.497 e. The van der Waals surface area contributed by atoms with Gasteiger partial charge in [0, 0.05) is 13.6 Å². The molecule has 134 valence electrons. The molecule has 0 unspecified atom stereocenters. The summed E-state index contributed by atoms with van der Waals surface area (Å²) in [7, 11) is 3.32. The molecule has 0 radical (unpaired) electrons. The van der Waals surface area contributed by atoms with Gasteiger partial charge in [-0.2, -0.15) is 0 Å². The van der Waals surface area contributed by atoms with Crippen LogP contribution in [0.1, 0.15) is 31.9 Å². The van der Waals surface area contributed by atoms with Crippen LogP contribution in [0.25, 0.3) is 0 Å². The number of nitrogens with one attached hydrogen (secondary N) is 1. The highest BCUT2D eigenvalue weighted by Crippen LogP contribution is 2.36. The highest BCUT2D eigenvalue weighted by molar-refractivity contribution is 6.01. The van der Waals surface area contributed by atoms with E-state index >= 15 is 0 Å². The average molecular weight is 343 g/mol. The van der Waals surface area contributed by atoms with Crippen LogP contribution >= 0.6 is 0 Å². The van der Waals surface area contributed by atoms with E-state index in [-0.39, 0.29) is 11.9 Å². The molecule has 0 saturated heterocycles. The van der Waals surface area contributed by atoms with Crippen molar-refractivity contribution in [1.82, 2.24) is 15.1 Å². The van der Waals surface area contributed by atoms with Gasteiger partial charge in [0.25, 0.3) is 5.91 Å². The van der Waals surface area contributed by atoms with E-state index in [9.17, 15) is 9.59 Å². The zero-order valence-corrected chi connectivity index (χ0v) is 15.2. The van der Waals surface area contributed by atoms with Gasteiger partial charge >= 0.3 is 6.03 Å². The van der Waals surface area contributed by atoms with E-state index in [2.05, 4.69) is 19.2 Å². The van der Waals surface area contributed by atoms with Crippen LogP contribution in [-0.2, 0) is 4.79 Å². The Bertz CT molecular complexity index is 726. The summed E-state index contributed by atoms with van der Waals surface area (Å²) in [5, 5.41) is 2.95. The van der Waals surface area contributed by atoms with Crippen molar-refractivity contribution in [1.29, 1.82) is 0 Å². The summed E-state index contributed by atoms with van der Waals surface area (Å²) in [5.74, 6) is 1.24. The third-order valence-electron chi connectivity index (χ3n) is 4.84. The summed E-state index contributed by atoms with van der Waals surface area (Å²) in [5.41, 5.74) is 2.32. The summed E-state index contributed by atoms with van der Waals surface area (Å²) in [6.07, 6.45) is 0.946. The van der Waals surface area contributed by atoms with Gasteiger partial charge in [-0.3, -0.25) is 9.69 Å². The topological polar surface area (TPSA) is 61.9 Å². The number of nitrogens with zero attached hydrogens (tertiary/aromatic N) is 2. The van der Waals surface area contributed by atoms with E-state index in [4.69, 9.17) is 4.74 Å². The van der Waals surface area contributed by atoms with Crippen molar-refractivity contribution in [3.05, 3.63) is 41.1 Å². The lowest BCUT2D eigenvalue weighted by atomic mass is 9.95. The number of methoxy groups -OCH3 is 1. The first-order valence-corrected chi connectivity index (χ1v) is 8.63. The Hall–Kier alpha value is -2.50. The molecule has 0 aromatic heterocycles. The van der Waals surface area contributed by atoms with Crippen LogP contribution in [0.15, 0.2) is 35.5 Å². The Kier molecular flexibility index (Phi) is 4.70. The molecule has 1 aromatic carbocycles. The summed E-state index contributed by atoms with van der Waals surface area (Å²) >= 11 is 0.